The van der Waals surface area contributed by atoms with Crippen molar-refractivity contribution in [2.24, 2.45) is 0 Å². The summed E-state index contributed by atoms with van der Waals surface area (Å²) in [6.45, 7) is 0. The van der Waals surface area contributed by atoms with Crippen molar-refractivity contribution in [3.05, 3.63) is 64.2 Å². The molecule has 0 atom stereocenters. The molecular weight excluding hydrogens is 242 g/mol. The summed E-state index contributed by atoms with van der Waals surface area (Å²) in [7, 11) is 0. The summed E-state index contributed by atoms with van der Waals surface area (Å²) in [5.74, 6) is 3.67. The SMILES string of the molecule is C#CCc1cc([N+](=O)[O-])ccc1Oc1ccccc1. The number of terminal acetylenes is 1. The predicted molar refractivity (Wildman–Crippen MR) is 72.1 cm³/mol. The molecule has 94 valence electrons. The van der Waals surface area contributed by atoms with E-state index in [1.54, 1.807) is 18.2 Å². The van der Waals surface area contributed by atoms with Crippen LogP contribution in [0.1, 0.15) is 5.56 Å². The average molecular weight is 253 g/mol. The molecule has 2 aromatic carbocycles. The van der Waals surface area contributed by atoms with Crippen molar-refractivity contribution >= 4 is 5.69 Å². The molecule has 0 spiro atoms. The highest BCUT2D eigenvalue weighted by molar-refractivity contribution is 5.47. The van der Waals surface area contributed by atoms with E-state index >= 15 is 0 Å². The maximum atomic E-state index is 10.7. The molecule has 0 bridgehead atoms. The summed E-state index contributed by atoms with van der Waals surface area (Å²) in [5.41, 5.74) is 0.631. The van der Waals surface area contributed by atoms with Crippen LogP contribution in [0, 0.1) is 22.5 Å². The second-order valence-corrected chi connectivity index (χ2v) is 3.85. The number of hydrogen-bond donors (Lipinski definition) is 0. The monoisotopic (exact) mass is 253 g/mol. The van der Waals surface area contributed by atoms with Gasteiger partial charge in [0.05, 0.1) is 4.92 Å². The van der Waals surface area contributed by atoms with Crippen LogP contribution in [0.4, 0.5) is 5.69 Å². The molecule has 0 unspecified atom stereocenters. The van der Waals surface area contributed by atoms with E-state index in [2.05, 4.69) is 5.92 Å². The van der Waals surface area contributed by atoms with Crippen LogP contribution in [0.15, 0.2) is 48.5 Å². The minimum absolute atomic E-state index is 0.00524. The Labute approximate surface area is 110 Å². The highest BCUT2D eigenvalue weighted by Gasteiger charge is 2.11. The number of hydrogen-bond acceptors (Lipinski definition) is 3. The first-order valence-corrected chi connectivity index (χ1v) is 5.64. The zero-order valence-corrected chi connectivity index (χ0v) is 10.1. The third-order valence-corrected chi connectivity index (χ3v) is 2.52. The molecule has 0 N–H and O–H groups in total. The van der Waals surface area contributed by atoms with Gasteiger partial charge < -0.3 is 4.74 Å². The lowest BCUT2D eigenvalue weighted by Crippen LogP contribution is -1.94. The van der Waals surface area contributed by atoms with E-state index in [0.717, 1.165) is 0 Å². The summed E-state index contributed by atoms with van der Waals surface area (Å²) in [4.78, 5) is 10.3. The molecule has 0 amide bonds. The molecule has 2 rings (SSSR count). The van der Waals surface area contributed by atoms with E-state index in [-0.39, 0.29) is 12.1 Å². The highest BCUT2D eigenvalue weighted by Crippen LogP contribution is 2.28. The Morgan fingerprint density at radius 1 is 1.21 bits per heavy atom. The fourth-order valence-corrected chi connectivity index (χ4v) is 1.64. The highest BCUT2D eigenvalue weighted by atomic mass is 16.6. The van der Waals surface area contributed by atoms with Gasteiger partial charge in [-0.15, -0.1) is 12.3 Å². The van der Waals surface area contributed by atoms with Gasteiger partial charge in [0.2, 0.25) is 0 Å². The molecular formula is C15H11NO3. The van der Waals surface area contributed by atoms with Gasteiger partial charge in [-0.05, 0) is 18.2 Å². The number of non-ortho nitro benzene ring substituents is 1. The molecule has 4 nitrogen and oxygen atoms in total. The predicted octanol–water partition coefficient (Wildman–Crippen LogP) is 3.56. The van der Waals surface area contributed by atoms with Crippen molar-refractivity contribution in [3.8, 4) is 23.8 Å². The fourth-order valence-electron chi connectivity index (χ4n) is 1.64. The lowest BCUT2D eigenvalue weighted by atomic mass is 10.1. The van der Waals surface area contributed by atoms with Crippen molar-refractivity contribution in [3.63, 3.8) is 0 Å². The quantitative estimate of drug-likeness (QED) is 0.475. The molecule has 0 saturated heterocycles. The topological polar surface area (TPSA) is 52.4 Å². The van der Waals surface area contributed by atoms with Crippen LogP contribution in [-0.4, -0.2) is 4.92 Å². The number of nitro benzene ring substituents is 1. The van der Waals surface area contributed by atoms with Crippen LogP contribution >= 0.6 is 0 Å². The molecule has 0 radical (unpaired) electrons. The Morgan fingerprint density at radius 3 is 2.58 bits per heavy atom. The Balaban J connectivity index is 2.34. The molecule has 0 heterocycles. The molecule has 4 heteroatoms. The summed E-state index contributed by atoms with van der Waals surface area (Å²) in [5, 5.41) is 10.7. The van der Waals surface area contributed by atoms with Crippen LogP contribution in [0.2, 0.25) is 0 Å². The maximum Gasteiger partial charge on any atom is 0.270 e. The van der Waals surface area contributed by atoms with Gasteiger partial charge >= 0.3 is 0 Å². The van der Waals surface area contributed by atoms with Crippen molar-refractivity contribution in [2.45, 2.75) is 6.42 Å². The second kappa shape index (κ2) is 5.69. The van der Waals surface area contributed by atoms with Gasteiger partial charge in [0.15, 0.2) is 0 Å². The fraction of sp³-hybridized carbons (Fsp3) is 0.0667. The summed E-state index contributed by atoms with van der Waals surface area (Å²) < 4.78 is 5.68. The standard InChI is InChI=1S/C15H11NO3/c1-2-6-12-11-13(16(17)18)9-10-15(12)19-14-7-4-3-5-8-14/h1,3-5,7-11H,6H2. The van der Waals surface area contributed by atoms with E-state index in [0.29, 0.717) is 17.1 Å². The normalized spacial score (nSPS) is 9.63. The zero-order chi connectivity index (χ0) is 13.7. The Morgan fingerprint density at radius 2 is 1.95 bits per heavy atom. The van der Waals surface area contributed by atoms with E-state index in [1.165, 1.54) is 12.1 Å². The van der Waals surface area contributed by atoms with Gasteiger partial charge in [0, 0.05) is 24.1 Å². The van der Waals surface area contributed by atoms with E-state index in [9.17, 15) is 10.1 Å². The first-order chi connectivity index (χ1) is 9.20. The number of ether oxygens (including phenoxy) is 1. The number of nitro groups is 1. The number of benzene rings is 2. The van der Waals surface area contributed by atoms with Gasteiger partial charge in [-0.2, -0.15) is 0 Å². The Hall–Kier alpha value is -2.80. The summed E-state index contributed by atoms with van der Waals surface area (Å²) in [6.07, 6.45) is 5.56. The third-order valence-electron chi connectivity index (χ3n) is 2.52. The van der Waals surface area contributed by atoms with Gasteiger partial charge in [0.1, 0.15) is 11.5 Å². The first-order valence-electron chi connectivity index (χ1n) is 5.64. The van der Waals surface area contributed by atoms with Crippen LogP contribution in [-0.2, 0) is 6.42 Å². The van der Waals surface area contributed by atoms with Crippen LogP contribution in [0.25, 0.3) is 0 Å². The second-order valence-electron chi connectivity index (χ2n) is 3.85. The third kappa shape index (κ3) is 3.11. The van der Waals surface area contributed by atoms with Crippen molar-refractivity contribution in [2.75, 3.05) is 0 Å². The lowest BCUT2D eigenvalue weighted by Gasteiger charge is -2.09. The van der Waals surface area contributed by atoms with Gasteiger partial charge in [-0.1, -0.05) is 18.2 Å². The van der Waals surface area contributed by atoms with E-state index in [1.807, 2.05) is 18.2 Å². The van der Waals surface area contributed by atoms with E-state index < -0.39 is 4.92 Å². The largest absolute Gasteiger partial charge is 0.457 e. The molecule has 0 aliphatic carbocycles. The number of para-hydroxylation sites is 1. The smallest absolute Gasteiger partial charge is 0.270 e. The molecule has 0 aliphatic rings. The van der Waals surface area contributed by atoms with Crippen LogP contribution in [0.5, 0.6) is 11.5 Å². The molecule has 0 aromatic heterocycles. The number of nitrogens with zero attached hydrogens (tertiary/aromatic N) is 1. The Kier molecular flexibility index (Phi) is 3.79. The lowest BCUT2D eigenvalue weighted by molar-refractivity contribution is -0.384. The van der Waals surface area contributed by atoms with Crippen molar-refractivity contribution < 1.29 is 9.66 Å². The zero-order valence-electron chi connectivity index (χ0n) is 10.1. The molecule has 0 fully saturated rings. The van der Waals surface area contributed by atoms with Gasteiger partial charge in [-0.25, -0.2) is 0 Å². The first kappa shape index (κ1) is 12.7. The Bertz CT molecular complexity index is 630. The number of rotatable bonds is 4. The summed E-state index contributed by atoms with van der Waals surface area (Å²) >= 11 is 0. The van der Waals surface area contributed by atoms with Crippen molar-refractivity contribution in [1.82, 2.24) is 0 Å². The maximum absolute atomic E-state index is 10.7. The van der Waals surface area contributed by atoms with Crippen LogP contribution < -0.4 is 4.74 Å². The van der Waals surface area contributed by atoms with Gasteiger partial charge in [0.25, 0.3) is 5.69 Å². The molecule has 0 aliphatic heterocycles. The molecule has 0 saturated carbocycles. The molecule has 19 heavy (non-hydrogen) atoms. The van der Waals surface area contributed by atoms with E-state index in [4.69, 9.17) is 11.2 Å². The van der Waals surface area contributed by atoms with Crippen molar-refractivity contribution in [1.29, 1.82) is 0 Å². The summed E-state index contributed by atoms with van der Waals surface area (Å²) in [6, 6.07) is 13.6. The van der Waals surface area contributed by atoms with Crippen LogP contribution in [0.3, 0.4) is 0 Å². The average Bonchev–Trinajstić information content (AvgIpc) is 2.42. The van der Waals surface area contributed by atoms with Gasteiger partial charge in [-0.3, -0.25) is 10.1 Å². The minimum atomic E-state index is -0.452. The minimum Gasteiger partial charge on any atom is -0.457 e. The molecule has 2 aromatic rings.